The van der Waals surface area contributed by atoms with Gasteiger partial charge in [0.1, 0.15) is 18.1 Å². The molecule has 0 unspecified atom stereocenters. The number of pyridine rings is 1. The highest BCUT2D eigenvalue weighted by Gasteiger charge is 2.13. The Labute approximate surface area is 114 Å². The second-order valence-electron chi connectivity index (χ2n) is 4.68. The van der Waals surface area contributed by atoms with E-state index in [2.05, 4.69) is 29.9 Å². The Balaban J connectivity index is 1.98. The molecule has 4 nitrogen and oxygen atoms in total. The first-order valence-corrected chi connectivity index (χ1v) is 6.37. The lowest BCUT2D eigenvalue weighted by atomic mass is 10.1. The molecule has 2 aromatic heterocycles. The molecule has 19 heavy (non-hydrogen) atoms. The Morgan fingerprint density at radius 1 is 1.32 bits per heavy atom. The summed E-state index contributed by atoms with van der Waals surface area (Å²) in [4.78, 5) is 6.39. The third-order valence-electron chi connectivity index (χ3n) is 3.24. The second-order valence-corrected chi connectivity index (χ2v) is 4.68. The van der Waals surface area contributed by atoms with Crippen LogP contribution in [0.5, 0.6) is 0 Å². The number of hydrogen-bond acceptors (Lipinski definition) is 4. The van der Waals surface area contributed by atoms with Crippen LogP contribution in [-0.2, 0) is 17.9 Å². The van der Waals surface area contributed by atoms with Gasteiger partial charge in [0.15, 0.2) is 0 Å². The Kier molecular flexibility index (Phi) is 4.71. The smallest absolute Gasteiger partial charge is 0.129 e. The second kappa shape index (κ2) is 6.50. The van der Waals surface area contributed by atoms with Crippen molar-refractivity contribution in [3.05, 3.63) is 53.7 Å². The van der Waals surface area contributed by atoms with E-state index in [1.165, 1.54) is 5.56 Å². The van der Waals surface area contributed by atoms with Gasteiger partial charge >= 0.3 is 0 Å². The lowest BCUT2D eigenvalue weighted by Crippen LogP contribution is -2.21. The number of ether oxygens (including phenoxy) is 1. The van der Waals surface area contributed by atoms with E-state index in [4.69, 9.17) is 9.15 Å². The lowest BCUT2D eigenvalue weighted by Gasteiger charge is -2.23. The third kappa shape index (κ3) is 3.66. The molecular formula is C15H20N2O2. The number of rotatable bonds is 6. The van der Waals surface area contributed by atoms with Crippen molar-refractivity contribution in [2.45, 2.75) is 26.1 Å². The van der Waals surface area contributed by atoms with Crippen molar-refractivity contribution in [1.29, 1.82) is 0 Å². The van der Waals surface area contributed by atoms with Crippen molar-refractivity contribution in [2.75, 3.05) is 14.2 Å². The van der Waals surface area contributed by atoms with Gasteiger partial charge in [0.25, 0.3) is 0 Å². The van der Waals surface area contributed by atoms with Gasteiger partial charge in [0, 0.05) is 25.5 Å². The maximum Gasteiger partial charge on any atom is 0.129 e. The van der Waals surface area contributed by atoms with E-state index in [-0.39, 0.29) is 0 Å². The predicted octanol–water partition coefficient (Wildman–Crippen LogP) is 3.01. The van der Waals surface area contributed by atoms with Crippen LogP contribution in [-0.4, -0.2) is 24.0 Å². The molecule has 0 aromatic carbocycles. The summed E-state index contributed by atoms with van der Waals surface area (Å²) in [5, 5.41) is 0. The van der Waals surface area contributed by atoms with E-state index in [0.717, 1.165) is 18.1 Å². The van der Waals surface area contributed by atoms with E-state index in [1.807, 2.05) is 24.4 Å². The summed E-state index contributed by atoms with van der Waals surface area (Å²) in [7, 11) is 3.75. The van der Waals surface area contributed by atoms with E-state index >= 15 is 0 Å². The van der Waals surface area contributed by atoms with Crippen LogP contribution in [0.4, 0.5) is 0 Å². The van der Waals surface area contributed by atoms with Gasteiger partial charge in [-0.1, -0.05) is 6.07 Å². The number of aromatic nitrogens is 1. The lowest BCUT2D eigenvalue weighted by molar-refractivity contribution is 0.158. The molecular weight excluding hydrogens is 240 g/mol. The molecule has 2 aromatic rings. The van der Waals surface area contributed by atoms with Crippen LogP contribution in [0.3, 0.4) is 0 Å². The molecule has 4 heteroatoms. The van der Waals surface area contributed by atoms with Gasteiger partial charge in [-0.2, -0.15) is 0 Å². The fourth-order valence-corrected chi connectivity index (χ4v) is 1.99. The van der Waals surface area contributed by atoms with Gasteiger partial charge in [0.05, 0.1) is 6.54 Å². The fourth-order valence-electron chi connectivity index (χ4n) is 1.99. The number of hydrogen-bond donors (Lipinski definition) is 0. The van der Waals surface area contributed by atoms with E-state index in [9.17, 15) is 0 Å². The van der Waals surface area contributed by atoms with Crippen LogP contribution in [0.15, 0.2) is 41.1 Å². The molecule has 0 saturated heterocycles. The van der Waals surface area contributed by atoms with Gasteiger partial charge in [0.2, 0.25) is 0 Å². The third-order valence-corrected chi connectivity index (χ3v) is 3.24. The number of methoxy groups -OCH3 is 1. The first kappa shape index (κ1) is 13.8. The monoisotopic (exact) mass is 260 g/mol. The quantitative estimate of drug-likeness (QED) is 0.800. The van der Waals surface area contributed by atoms with Crippen LogP contribution >= 0.6 is 0 Å². The van der Waals surface area contributed by atoms with Crippen molar-refractivity contribution in [2.24, 2.45) is 0 Å². The maximum atomic E-state index is 5.70. The van der Waals surface area contributed by atoms with E-state index in [0.29, 0.717) is 12.6 Å². The van der Waals surface area contributed by atoms with Gasteiger partial charge in [-0.3, -0.25) is 9.88 Å². The SMILES string of the molecule is COCc1ccc(CN(C)[C@H](C)c2cccnc2)o1. The maximum absolute atomic E-state index is 5.70. The van der Waals surface area contributed by atoms with Crippen LogP contribution < -0.4 is 0 Å². The molecule has 0 radical (unpaired) electrons. The minimum atomic E-state index is 0.296. The normalized spacial score (nSPS) is 12.8. The average molecular weight is 260 g/mol. The predicted molar refractivity (Wildman–Crippen MR) is 73.5 cm³/mol. The van der Waals surface area contributed by atoms with E-state index < -0.39 is 0 Å². The highest BCUT2D eigenvalue weighted by atomic mass is 16.5. The van der Waals surface area contributed by atoms with Crippen molar-refractivity contribution in [3.8, 4) is 0 Å². The summed E-state index contributed by atoms with van der Waals surface area (Å²) in [6.45, 7) is 3.44. The molecule has 102 valence electrons. The Hall–Kier alpha value is -1.65. The molecule has 0 amide bonds. The first-order valence-electron chi connectivity index (χ1n) is 6.37. The molecule has 0 aliphatic heterocycles. The summed E-state index contributed by atoms with van der Waals surface area (Å²) in [6.07, 6.45) is 3.69. The largest absolute Gasteiger partial charge is 0.462 e. The van der Waals surface area contributed by atoms with Crippen molar-refractivity contribution in [3.63, 3.8) is 0 Å². The molecule has 0 aliphatic carbocycles. The Morgan fingerprint density at radius 2 is 2.11 bits per heavy atom. The molecule has 0 N–H and O–H groups in total. The molecule has 0 fully saturated rings. The molecule has 0 bridgehead atoms. The summed E-state index contributed by atoms with van der Waals surface area (Å²) >= 11 is 0. The summed E-state index contributed by atoms with van der Waals surface area (Å²) in [6, 6.07) is 8.31. The zero-order valence-corrected chi connectivity index (χ0v) is 11.7. The van der Waals surface area contributed by atoms with E-state index in [1.54, 1.807) is 13.3 Å². The summed E-state index contributed by atoms with van der Waals surface area (Å²) < 4.78 is 10.7. The standard InChI is InChI=1S/C15H20N2O2/c1-12(13-5-4-8-16-9-13)17(2)10-14-6-7-15(19-14)11-18-3/h4-9,12H,10-11H2,1-3H3/t12-/m1/s1. The number of furan rings is 1. The van der Waals surface area contributed by atoms with Crippen LogP contribution in [0.2, 0.25) is 0 Å². The minimum absolute atomic E-state index is 0.296. The molecule has 1 atom stereocenters. The first-order chi connectivity index (χ1) is 9.20. The Bertz CT molecular complexity index is 496. The summed E-state index contributed by atoms with van der Waals surface area (Å²) in [5.74, 6) is 1.81. The molecule has 0 aliphatic rings. The van der Waals surface area contributed by atoms with Crippen molar-refractivity contribution < 1.29 is 9.15 Å². The minimum Gasteiger partial charge on any atom is -0.462 e. The van der Waals surface area contributed by atoms with Crippen LogP contribution in [0.1, 0.15) is 30.0 Å². The molecule has 2 heterocycles. The van der Waals surface area contributed by atoms with Gasteiger partial charge in [-0.25, -0.2) is 0 Å². The molecule has 2 rings (SSSR count). The highest BCUT2D eigenvalue weighted by Crippen LogP contribution is 2.20. The van der Waals surface area contributed by atoms with Gasteiger partial charge in [-0.15, -0.1) is 0 Å². The zero-order valence-electron chi connectivity index (χ0n) is 11.7. The van der Waals surface area contributed by atoms with Crippen molar-refractivity contribution in [1.82, 2.24) is 9.88 Å². The average Bonchev–Trinajstić information content (AvgIpc) is 2.86. The zero-order chi connectivity index (χ0) is 13.7. The van der Waals surface area contributed by atoms with Gasteiger partial charge < -0.3 is 9.15 Å². The number of nitrogens with zero attached hydrogens (tertiary/aromatic N) is 2. The molecule has 0 spiro atoms. The topological polar surface area (TPSA) is 38.5 Å². The molecule has 0 saturated carbocycles. The highest BCUT2D eigenvalue weighted by molar-refractivity contribution is 5.13. The van der Waals surface area contributed by atoms with Crippen LogP contribution in [0.25, 0.3) is 0 Å². The van der Waals surface area contributed by atoms with Crippen LogP contribution in [0, 0.1) is 0 Å². The summed E-state index contributed by atoms with van der Waals surface area (Å²) in [5.41, 5.74) is 1.20. The van der Waals surface area contributed by atoms with Crippen molar-refractivity contribution >= 4 is 0 Å². The van der Waals surface area contributed by atoms with Gasteiger partial charge in [-0.05, 0) is 37.7 Å². The fraction of sp³-hybridized carbons (Fsp3) is 0.400. The Morgan fingerprint density at radius 3 is 2.79 bits per heavy atom.